The van der Waals surface area contributed by atoms with E-state index in [1.165, 1.54) is 0 Å². The van der Waals surface area contributed by atoms with E-state index in [1.807, 2.05) is 0 Å². The molecule has 1 aliphatic heterocycles. The van der Waals surface area contributed by atoms with E-state index in [0.717, 1.165) is 19.4 Å². The molecule has 18 heavy (non-hydrogen) atoms. The van der Waals surface area contributed by atoms with Crippen LogP contribution < -0.4 is 15.4 Å². The first-order valence-electron chi connectivity index (χ1n) is 6.03. The van der Waals surface area contributed by atoms with Gasteiger partial charge in [0.2, 0.25) is 15.9 Å². The van der Waals surface area contributed by atoms with Crippen molar-refractivity contribution in [1.82, 2.24) is 15.4 Å². The summed E-state index contributed by atoms with van der Waals surface area (Å²) < 4.78 is 24.7. The van der Waals surface area contributed by atoms with E-state index in [2.05, 4.69) is 15.4 Å². The number of halogens is 1. The van der Waals surface area contributed by atoms with Gasteiger partial charge < -0.3 is 10.6 Å². The maximum Gasteiger partial charge on any atom is 0.237 e. The van der Waals surface area contributed by atoms with Crippen molar-refractivity contribution in [1.29, 1.82) is 0 Å². The molecule has 0 aromatic rings. The topological polar surface area (TPSA) is 87.3 Å². The number of amides is 1. The number of nitrogens with one attached hydrogen (secondary N) is 3. The molecular formula is C10H22ClN3O3S. The van der Waals surface area contributed by atoms with Crippen molar-refractivity contribution in [2.45, 2.75) is 32.2 Å². The largest absolute Gasteiger partial charge is 0.355 e. The van der Waals surface area contributed by atoms with Crippen molar-refractivity contribution in [3.05, 3.63) is 0 Å². The molecule has 0 aromatic carbocycles. The van der Waals surface area contributed by atoms with Gasteiger partial charge in [0.15, 0.2) is 0 Å². The second-order valence-electron chi connectivity index (χ2n) is 4.09. The number of hydrogen-bond donors (Lipinski definition) is 3. The second-order valence-corrected chi connectivity index (χ2v) is 6.19. The van der Waals surface area contributed by atoms with Gasteiger partial charge in [0.1, 0.15) is 0 Å². The van der Waals surface area contributed by atoms with Gasteiger partial charge >= 0.3 is 0 Å². The second kappa shape index (κ2) is 8.68. The highest BCUT2D eigenvalue weighted by Crippen LogP contribution is 2.04. The smallest absolute Gasteiger partial charge is 0.237 e. The summed E-state index contributed by atoms with van der Waals surface area (Å²) in [5.41, 5.74) is 0. The summed E-state index contributed by atoms with van der Waals surface area (Å²) in [5, 5.41) is 5.90. The van der Waals surface area contributed by atoms with Crippen molar-refractivity contribution in [3.8, 4) is 0 Å². The van der Waals surface area contributed by atoms with Gasteiger partial charge in [-0.15, -0.1) is 12.4 Å². The van der Waals surface area contributed by atoms with Gasteiger partial charge in [0.25, 0.3) is 0 Å². The quantitative estimate of drug-likeness (QED) is 0.559. The van der Waals surface area contributed by atoms with E-state index < -0.39 is 10.0 Å². The highest BCUT2D eigenvalue weighted by molar-refractivity contribution is 7.89. The standard InChI is InChI=1S/C10H21N3O3S.ClH/c1-2-17(15,16)13-8-4-7-12-10(14)9-5-3-6-11-9;/h9,11,13H,2-8H2,1H3,(H,12,14);1H. The molecule has 8 heteroatoms. The molecule has 3 N–H and O–H groups in total. The van der Waals surface area contributed by atoms with Crippen LogP contribution in [0.15, 0.2) is 0 Å². The summed E-state index contributed by atoms with van der Waals surface area (Å²) in [7, 11) is -3.11. The maximum atomic E-state index is 11.5. The molecule has 1 aliphatic rings. The molecule has 1 fully saturated rings. The minimum absolute atomic E-state index is 0. The Morgan fingerprint density at radius 1 is 1.39 bits per heavy atom. The van der Waals surface area contributed by atoms with Gasteiger partial charge in [-0.1, -0.05) is 0 Å². The molecule has 1 heterocycles. The van der Waals surface area contributed by atoms with Crippen molar-refractivity contribution in [3.63, 3.8) is 0 Å². The van der Waals surface area contributed by atoms with Crippen LogP contribution in [0.4, 0.5) is 0 Å². The minimum atomic E-state index is -3.11. The lowest BCUT2D eigenvalue weighted by Gasteiger charge is -2.11. The van der Waals surface area contributed by atoms with Gasteiger partial charge in [0, 0.05) is 13.1 Å². The lowest BCUT2D eigenvalue weighted by molar-refractivity contribution is -0.122. The predicted octanol–water partition coefficient (Wildman–Crippen LogP) is -0.394. The zero-order chi connectivity index (χ0) is 12.7. The molecule has 0 aliphatic carbocycles. The van der Waals surface area contributed by atoms with E-state index in [-0.39, 0.29) is 30.1 Å². The Hall–Kier alpha value is -0.370. The molecule has 1 rings (SSSR count). The number of carbonyl (C=O) groups excluding carboxylic acids is 1. The van der Waals surface area contributed by atoms with Crippen molar-refractivity contribution >= 4 is 28.3 Å². The van der Waals surface area contributed by atoms with Crippen LogP contribution in [0.5, 0.6) is 0 Å². The molecule has 108 valence electrons. The van der Waals surface area contributed by atoms with Gasteiger partial charge in [-0.05, 0) is 32.7 Å². The number of rotatable bonds is 7. The zero-order valence-corrected chi connectivity index (χ0v) is 12.2. The lowest BCUT2D eigenvalue weighted by Crippen LogP contribution is -2.41. The third kappa shape index (κ3) is 6.53. The first kappa shape index (κ1) is 17.6. The number of sulfonamides is 1. The Labute approximate surface area is 115 Å². The van der Waals surface area contributed by atoms with Gasteiger partial charge in [0.05, 0.1) is 11.8 Å². The van der Waals surface area contributed by atoms with Crippen LogP contribution in [0.2, 0.25) is 0 Å². The molecule has 0 aromatic heterocycles. The molecule has 1 atom stereocenters. The summed E-state index contributed by atoms with van der Waals surface area (Å²) in [6.07, 6.45) is 2.53. The molecule has 6 nitrogen and oxygen atoms in total. The average molecular weight is 300 g/mol. The van der Waals surface area contributed by atoms with E-state index in [9.17, 15) is 13.2 Å². The Morgan fingerprint density at radius 3 is 2.67 bits per heavy atom. The minimum Gasteiger partial charge on any atom is -0.355 e. The predicted molar refractivity (Wildman–Crippen MR) is 73.4 cm³/mol. The van der Waals surface area contributed by atoms with E-state index in [1.54, 1.807) is 6.92 Å². The molecule has 1 saturated heterocycles. The Kier molecular flexibility index (Phi) is 8.51. The molecule has 1 unspecified atom stereocenters. The van der Waals surface area contributed by atoms with Crippen LogP contribution in [-0.2, 0) is 14.8 Å². The number of hydrogen-bond acceptors (Lipinski definition) is 4. The van der Waals surface area contributed by atoms with E-state index in [4.69, 9.17) is 0 Å². The summed E-state index contributed by atoms with van der Waals surface area (Å²) in [5.74, 6) is 0.103. The summed E-state index contributed by atoms with van der Waals surface area (Å²) in [6, 6.07) is -0.0673. The Bertz CT molecular complexity index is 342. The highest BCUT2D eigenvalue weighted by atomic mass is 35.5. The third-order valence-electron chi connectivity index (χ3n) is 2.73. The molecule has 0 spiro atoms. The van der Waals surface area contributed by atoms with Gasteiger partial charge in [-0.2, -0.15) is 0 Å². The molecule has 0 saturated carbocycles. The monoisotopic (exact) mass is 299 g/mol. The van der Waals surface area contributed by atoms with Crippen LogP contribution >= 0.6 is 12.4 Å². The zero-order valence-electron chi connectivity index (χ0n) is 10.6. The third-order valence-corrected chi connectivity index (χ3v) is 4.14. The summed E-state index contributed by atoms with van der Waals surface area (Å²) in [4.78, 5) is 11.5. The fourth-order valence-corrected chi connectivity index (χ4v) is 2.32. The van der Waals surface area contributed by atoms with E-state index in [0.29, 0.717) is 19.5 Å². The average Bonchev–Trinajstić information content (AvgIpc) is 2.82. The fraction of sp³-hybridized carbons (Fsp3) is 0.900. The first-order chi connectivity index (χ1) is 8.05. The van der Waals surface area contributed by atoms with Crippen molar-refractivity contribution in [2.75, 3.05) is 25.4 Å². The Balaban J connectivity index is 0.00000289. The van der Waals surface area contributed by atoms with Gasteiger partial charge in [-0.25, -0.2) is 13.1 Å². The highest BCUT2D eigenvalue weighted by Gasteiger charge is 2.21. The lowest BCUT2D eigenvalue weighted by atomic mass is 10.2. The fourth-order valence-electron chi connectivity index (χ4n) is 1.66. The summed E-state index contributed by atoms with van der Waals surface area (Å²) >= 11 is 0. The van der Waals surface area contributed by atoms with Crippen LogP contribution in [0.3, 0.4) is 0 Å². The van der Waals surface area contributed by atoms with Crippen LogP contribution in [-0.4, -0.2) is 45.8 Å². The Morgan fingerprint density at radius 2 is 2.11 bits per heavy atom. The van der Waals surface area contributed by atoms with Crippen LogP contribution in [0.25, 0.3) is 0 Å². The normalized spacial score (nSPS) is 19.3. The van der Waals surface area contributed by atoms with Gasteiger partial charge in [-0.3, -0.25) is 4.79 Å². The van der Waals surface area contributed by atoms with Crippen LogP contribution in [0, 0.1) is 0 Å². The van der Waals surface area contributed by atoms with Crippen molar-refractivity contribution < 1.29 is 13.2 Å². The summed E-state index contributed by atoms with van der Waals surface area (Å²) in [6.45, 7) is 3.36. The molecule has 0 radical (unpaired) electrons. The number of carbonyl (C=O) groups is 1. The molecular weight excluding hydrogens is 278 g/mol. The van der Waals surface area contributed by atoms with Crippen molar-refractivity contribution in [2.24, 2.45) is 0 Å². The SMILES string of the molecule is CCS(=O)(=O)NCCCNC(=O)C1CCCN1.Cl. The molecule has 1 amide bonds. The first-order valence-corrected chi connectivity index (χ1v) is 7.69. The maximum absolute atomic E-state index is 11.5. The van der Waals surface area contributed by atoms with E-state index >= 15 is 0 Å². The van der Waals surface area contributed by atoms with Crippen LogP contribution in [0.1, 0.15) is 26.2 Å². The molecule has 0 bridgehead atoms.